The Morgan fingerprint density at radius 2 is 1.59 bits per heavy atom. The monoisotopic (exact) mass is 585 g/mol. The second-order valence-corrected chi connectivity index (χ2v) is 9.51. The quantitative estimate of drug-likeness (QED) is 0.191. The predicted octanol–water partition coefficient (Wildman–Crippen LogP) is 4.45. The highest BCUT2D eigenvalue weighted by Crippen LogP contribution is 2.23. The maximum Gasteiger partial charge on any atom is 0.277 e. The van der Waals surface area contributed by atoms with Gasteiger partial charge in [0.2, 0.25) is 0 Å². The molecule has 13 heteroatoms. The van der Waals surface area contributed by atoms with Gasteiger partial charge in [0, 0.05) is 28.1 Å². The van der Waals surface area contributed by atoms with Gasteiger partial charge in [0.25, 0.3) is 23.2 Å². The first-order valence-electron chi connectivity index (χ1n) is 10.7. The van der Waals surface area contributed by atoms with E-state index in [2.05, 4.69) is 31.8 Å². The number of hydrogen-bond acceptors (Lipinski definition) is 8. The van der Waals surface area contributed by atoms with E-state index in [1.807, 2.05) is 42.5 Å². The lowest BCUT2D eigenvalue weighted by Crippen LogP contribution is -2.47. The summed E-state index contributed by atoms with van der Waals surface area (Å²) in [4.78, 5) is 46.4. The number of carbonyl (C=O) groups excluding carboxylic acids is 2. The fourth-order valence-corrected chi connectivity index (χ4v) is 4.31. The maximum absolute atomic E-state index is 12.9. The molecular weight excluding hydrogens is 566 g/mol. The van der Waals surface area contributed by atoms with E-state index in [0.717, 1.165) is 33.8 Å². The molecule has 0 radical (unpaired) electrons. The van der Waals surface area contributed by atoms with Crippen molar-refractivity contribution in [3.63, 3.8) is 0 Å². The van der Waals surface area contributed by atoms with Crippen LogP contribution in [0.4, 0.5) is 11.4 Å². The number of benzene rings is 3. The molecule has 0 bridgehead atoms. The van der Waals surface area contributed by atoms with Crippen molar-refractivity contribution in [3.8, 4) is 0 Å². The average Bonchev–Trinajstić information content (AvgIpc) is 2.89. The van der Waals surface area contributed by atoms with E-state index in [1.165, 1.54) is 18.0 Å². The van der Waals surface area contributed by atoms with Crippen LogP contribution >= 0.6 is 27.7 Å². The summed E-state index contributed by atoms with van der Waals surface area (Å²) in [5, 5.41) is 28.8. The van der Waals surface area contributed by atoms with E-state index >= 15 is 0 Å². The highest BCUT2D eigenvalue weighted by Gasteiger charge is 2.25. The average molecular weight is 586 g/mol. The number of halogens is 1. The van der Waals surface area contributed by atoms with Gasteiger partial charge in [0.15, 0.2) is 0 Å². The third kappa shape index (κ3) is 8.51. The van der Waals surface area contributed by atoms with E-state index in [1.54, 1.807) is 12.1 Å². The number of nitro benzene ring substituents is 2. The SMILES string of the molecule is O=C(NC(CSCc1ccccc1)C(=O)NN=Cc1ccc(Br)cc1)c1cc([N+](=O)[O-])cc([N+](=O)[O-])c1. The Kier molecular flexibility index (Phi) is 9.86. The minimum absolute atomic E-state index is 0.150. The van der Waals surface area contributed by atoms with Crippen LogP contribution in [0.15, 0.2) is 82.4 Å². The maximum atomic E-state index is 12.9. The molecule has 3 aromatic rings. The molecule has 3 aromatic carbocycles. The Hall–Kier alpha value is -4.10. The third-order valence-electron chi connectivity index (χ3n) is 4.86. The summed E-state index contributed by atoms with van der Waals surface area (Å²) in [6.45, 7) is 0. The first-order valence-corrected chi connectivity index (χ1v) is 12.6. The number of non-ortho nitro benzene ring substituents is 2. The van der Waals surface area contributed by atoms with Gasteiger partial charge in [-0.15, -0.1) is 0 Å². The summed E-state index contributed by atoms with van der Waals surface area (Å²) in [6, 6.07) is 18.2. The molecule has 0 aliphatic carbocycles. The summed E-state index contributed by atoms with van der Waals surface area (Å²) in [6.07, 6.45) is 1.43. The smallest absolute Gasteiger partial charge is 0.277 e. The normalized spacial score (nSPS) is 11.6. The van der Waals surface area contributed by atoms with Gasteiger partial charge in [0.1, 0.15) is 6.04 Å². The molecule has 0 aliphatic rings. The highest BCUT2D eigenvalue weighted by molar-refractivity contribution is 9.10. The topological polar surface area (TPSA) is 157 Å². The van der Waals surface area contributed by atoms with Crippen LogP contribution in [0, 0.1) is 20.2 Å². The lowest BCUT2D eigenvalue weighted by molar-refractivity contribution is -0.394. The first kappa shape index (κ1) is 27.5. The van der Waals surface area contributed by atoms with Gasteiger partial charge < -0.3 is 5.32 Å². The van der Waals surface area contributed by atoms with Crippen LogP contribution in [-0.2, 0) is 10.5 Å². The molecule has 0 saturated carbocycles. The standard InChI is InChI=1S/C24H20BrN5O6S/c25-19-8-6-16(7-9-19)13-26-28-24(32)22(15-37-14-17-4-2-1-3-5-17)27-23(31)18-10-20(29(33)34)12-21(11-18)30(35)36/h1-13,22H,14-15H2,(H,27,31)(H,28,32). The highest BCUT2D eigenvalue weighted by atomic mass is 79.9. The second kappa shape index (κ2) is 13.3. The first-order chi connectivity index (χ1) is 17.7. The molecule has 37 heavy (non-hydrogen) atoms. The Morgan fingerprint density at radius 3 is 2.19 bits per heavy atom. The molecule has 0 aromatic heterocycles. The predicted molar refractivity (Wildman–Crippen MR) is 143 cm³/mol. The Labute approximate surface area is 223 Å². The largest absolute Gasteiger partial charge is 0.339 e. The molecule has 0 aliphatic heterocycles. The van der Waals surface area contributed by atoms with Crippen LogP contribution in [0.5, 0.6) is 0 Å². The molecule has 0 fully saturated rings. The molecule has 2 N–H and O–H groups in total. The number of amides is 2. The van der Waals surface area contributed by atoms with Gasteiger partial charge in [-0.2, -0.15) is 16.9 Å². The van der Waals surface area contributed by atoms with Gasteiger partial charge in [-0.1, -0.05) is 58.4 Å². The third-order valence-corrected chi connectivity index (χ3v) is 6.50. The molecule has 0 spiro atoms. The summed E-state index contributed by atoms with van der Waals surface area (Å²) in [5.41, 5.74) is 2.59. The summed E-state index contributed by atoms with van der Waals surface area (Å²) < 4.78 is 0.883. The van der Waals surface area contributed by atoms with Crippen molar-refractivity contribution in [1.29, 1.82) is 0 Å². The van der Waals surface area contributed by atoms with Crippen LogP contribution < -0.4 is 10.7 Å². The van der Waals surface area contributed by atoms with Crippen molar-refractivity contribution >= 4 is 57.1 Å². The molecule has 190 valence electrons. The van der Waals surface area contributed by atoms with Gasteiger partial charge in [-0.3, -0.25) is 29.8 Å². The van der Waals surface area contributed by atoms with Gasteiger partial charge >= 0.3 is 0 Å². The van der Waals surface area contributed by atoms with E-state index in [9.17, 15) is 29.8 Å². The van der Waals surface area contributed by atoms with E-state index < -0.39 is 39.1 Å². The van der Waals surface area contributed by atoms with Crippen LogP contribution in [-0.4, -0.2) is 39.7 Å². The van der Waals surface area contributed by atoms with Crippen molar-refractivity contribution in [3.05, 3.63) is 114 Å². The molecule has 3 rings (SSSR count). The number of thioether (sulfide) groups is 1. The van der Waals surface area contributed by atoms with Crippen LogP contribution in [0.25, 0.3) is 0 Å². The lowest BCUT2D eigenvalue weighted by Gasteiger charge is -2.17. The number of nitrogens with one attached hydrogen (secondary N) is 2. The number of hydrogen-bond donors (Lipinski definition) is 2. The van der Waals surface area contributed by atoms with Gasteiger partial charge in [-0.25, -0.2) is 5.43 Å². The molecule has 1 atom stereocenters. The summed E-state index contributed by atoms with van der Waals surface area (Å²) in [5.74, 6) is -0.784. The number of carbonyl (C=O) groups is 2. The van der Waals surface area contributed by atoms with Gasteiger partial charge in [0.05, 0.1) is 27.7 Å². The summed E-state index contributed by atoms with van der Waals surface area (Å²) in [7, 11) is 0. The van der Waals surface area contributed by atoms with Crippen LogP contribution in [0.1, 0.15) is 21.5 Å². The number of nitrogens with zero attached hydrogens (tertiary/aromatic N) is 3. The fraction of sp³-hybridized carbons (Fsp3) is 0.125. The fourth-order valence-electron chi connectivity index (χ4n) is 3.03. The number of hydrazone groups is 1. The second-order valence-electron chi connectivity index (χ2n) is 7.56. The lowest BCUT2D eigenvalue weighted by atomic mass is 10.1. The van der Waals surface area contributed by atoms with E-state index in [-0.39, 0.29) is 11.3 Å². The Morgan fingerprint density at radius 1 is 0.973 bits per heavy atom. The minimum Gasteiger partial charge on any atom is -0.339 e. The Balaban J connectivity index is 1.75. The van der Waals surface area contributed by atoms with Crippen molar-refractivity contribution in [2.45, 2.75) is 11.8 Å². The van der Waals surface area contributed by atoms with E-state index in [0.29, 0.717) is 5.75 Å². The molecule has 0 saturated heterocycles. The van der Waals surface area contributed by atoms with Crippen molar-refractivity contribution in [2.75, 3.05) is 5.75 Å². The number of rotatable bonds is 11. The molecule has 11 nitrogen and oxygen atoms in total. The molecule has 2 amide bonds. The minimum atomic E-state index is -1.08. The van der Waals surface area contributed by atoms with Crippen molar-refractivity contribution < 1.29 is 19.4 Å². The van der Waals surface area contributed by atoms with Crippen LogP contribution in [0.2, 0.25) is 0 Å². The van der Waals surface area contributed by atoms with E-state index in [4.69, 9.17) is 0 Å². The molecule has 0 heterocycles. The van der Waals surface area contributed by atoms with Crippen molar-refractivity contribution in [1.82, 2.24) is 10.7 Å². The molecule has 1 unspecified atom stereocenters. The zero-order valence-corrected chi connectivity index (χ0v) is 21.5. The molecular formula is C24H20BrN5O6S. The summed E-state index contributed by atoms with van der Waals surface area (Å²) >= 11 is 4.71. The van der Waals surface area contributed by atoms with Gasteiger partial charge in [-0.05, 0) is 23.3 Å². The number of nitro groups is 2. The zero-order valence-electron chi connectivity index (χ0n) is 19.1. The van der Waals surface area contributed by atoms with Crippen molar-refractivity contribution in [2.24, 2.45) is 5.10 Å². The zero-order chi connectivity index (χ0) is 26.8. The van der Waals surface area contributed by atoms with Crippen LogP contribution in [0.3, 0.4) is 0 Å². The Bertz CT molecular complexity index is 1290.